The second-order valence-corrected chi connectivity index (χ2v) is 8.20. The van der Waals surface area contributed by atoms with Gasteiger partial charge in [0, 0.05) is 40.5 Å². The van der Waals surface area contributed by atoms with E-state index in [0.29, 0.717) is 6.79 Å². The molecule has 0 saturated heterocycles. The molecule has 0 N–H and O–H groups in total. The number of rotatable bonds is 3. The number of hydrogen-bond acceptors (Lipinski definition) is 3. The number of aryl methyl sites for hydroxylation is 3. The Morgan fingerprint density at radius 2 is 1.61 bits per heavy atom. The summed E-state index contributed by atoms with van der Waals surface area (Å²) < 4.78 is 15.4. The van der Waals surface area contributed by atoms with Gasteiger partial charge in [-0.1, -0.05) is 36.4 Å². The zero-order chi connectivity index (χ0) is 21.1. The normalized spacial score (nSPS) is 12.9. The quantitative estimate of drug-likeness (QED) is 0.386. The van der Waals surface area contributed by atoms with E-state index in [-0.39, 0.29) is 0 Å². The molecule has 5 nitrogen and oxygen atoms in total. The Kier molecular flexibility index (Phi) is 3.87. The fourth-order valence-electron chi connectivity index (χ4n) is 4.82. The average molecular weight is 409 g/mol. The second kappa shape index (κ2) is 6.64. The van der Waals surface area contributed by atoms with E-state index in [1.807, 2.05) is 16.6 Å². The van der Waals surface area contributed by atoms with Gasteiger partial charge >= 0.3 is 0 Å². The van der Waals surface area contributed by atoms with Crippen LogP contribution in [0, 0.1) is 20.8 Å². The van der Waals surface area contributed by atoms with Crippen molar-refractivity contribution >= 4 is 16.3 Å². The predicted octanol–water partition coefficient (Wildman–Crippen LogP) is 5.66. The molecule has 0 saturated carbocycles. The molecule has 0 amide bonds. The van der Waals surface area contributed by atoms with Crippen LogP contribution in [-0.4, -0.2) is 21.0 Å². The van der Waals surface area contributed by atoms with Gasteiger partial charge in [0.2, 0.25) is 6.79 Å². The van der Waals surface area contributed by atoms with Gasteiger partial charge in [0.25, 0.3) is 0 Å². The molecule has 1 aliphatic heterocycles. The van der Waals surface area contributed by atoms with Crippen LogP contribution in [0.2, 0.25) is 0 Å². The highest BCUT2D eigenvalue weighted by Gasteiger charge is 2.20. The third-order valence-corrected chi connectivity index (χ3v) is 6.34. The van der Waals surface area contributed by atoms with Crippen molar-refractivity contribution in [3.8, 4) is 22.6 Å². The minimum atomic E-state index is 0.297. The highest BCUT2D eigenvalue weighted by Crippen LogP contribution is 2.36. The van der Waals surface area contributed by atoms with E-state index < -0.39 is 0 Å². The Morgan fingerprint density at radius 1 is 0.839 bits per heavy atom. The molecule has 0 spiro atoms. The van der Waals surface area contributed by atoms with Crippen molar-refractivity contribution in [1.29, 1.82) is 0 Å². The molecule has 31 heavy (non-hydrogen) atoms. The van der Waals surface area contributed by atoms with Crippen LogP contribution in [0.25, 0.3) is 27.4 Å². The van der Waals surface area contributed by atoms with Crippen LogP contribution in [0.3, 0.4) is 0 Å². The highest BCUT2D eigenvalue weighted by molar-refractivity contribution is 6.02. The molecule has 5 heteroatoms. The maximum absolute atomic E-state index is 5.57. The van der Waals surface area contributed by atoms with Crippen LogP contribution in [0.1, 0.15) is 22.6 Å². The standard InChI is InChI=1S/C26H23N3O2/c1-16-25-17(2)28(13-19-9-10-23-24(11-19)31-15-30-23)18(3)26(25)22-12-21(14-29(22)27-16)20-7-5-4-6-8-20/h4-12,14H,13,15H2,1-3H3. The minimum Gasteiger partial charge on any atom is -0.454 e. The Morgan fingerprint density at radius 3 is 2.45 bits per heavy atom. The van der Waals surface area contributed by atoms with E-state index in [1.165, 1.54) is 38.9 Å². The first-order valence-corrected chi connectivity index (χ1v) is 10.5. The monoisotopic (exact) mass is 409 g/mol. The topological polar surface area (TPSA) is 40.7 Å². The van der Waals surface area contributed by atoms with Crippen molar-refractivity contribution in [1.82, 2.24) is 14.2 Å². The number of benzene rings is 2. The molecule has 0 fully saturated rings. The first-order valence-electron chi connectivity index (χ1n) is 10.5. The predicted molar refractivity (Wildman–Crippen MR) is 122 cm³/mol. The van der Waals surface area contributed by atoms with Crippen molar-refractivity contribution in [2.75, 3.05) is 6.79 Å². The van der Waals surface area contributed by atoms with Crippen molar-refractivity contribution in [3.05, 3.63) is 83.4 Å². The summed E-state index contributed by atoms with van der Waals surface area (Å²) in [5.74, 6) is 1.64. The van der Waals surface area contributed by atoms with Crippen LogP contribution in [0.5, 0.6) is 11.5 Å². The summed E-state index contributed by atoms with van der Waals surface area (Å²) in [6.45, 7) is 7.57. The van der Waals surface area contributed by atoms with Gasteiger partial charge in [-0.25, -0.2) is 4.52 Å². The molecular weight excluding hydrogens is 386 g/mol. The lowest BCUT2D eigenvalue weighted by Gasteiger charge is -2.10. The number of ether oxygens (including phenoxy) is 2. The SMILES string of the molecule is Cc1nn2cc(-c3ccccc3)cc2c2c(C)n(Cc3ccc4c(c3)OCO4)c(C)c12. The van der Waals surface area contributed by atoms with Crippen LogP contribution in [-0.2, 0) is 6.54 Å². The molecule has 1 aliphatic rings. The smallest absolute Gasteiger partial charge is 0.231 e. The van der Waals surface area contributed by atoms with Crippen LogP contribution < -0.4 is 9.47 Å². The van der Waals surface area contributed by atoms with Gasteiger partial charge in [0.05, 0.1) is 11.2 Å². The first kappa shape index (κ1) is 18.1. The van der Waals surface area contributed by atoms with Gasteiger partial charge in [-0.05, 0) is 50.1 Å². The van der Waals surface area contributed by atoms with Gasteiger partial charge in [0.1, 0.15) is 0 Å². The van der Waals surface area contributed by atoms with Gasteiger partial charge < -0.3 is 14.0 Å². The minimum absolute atomic E-state index is 0.297. The summed E-state index contributed by atoms with van der Waals surface area (Å²) in [5, 5.41) is 7.40. The van der Waals surface area contributed by atoms with Gasteiger partial charge in [-0.3, -0.25) is 0 Å². The summed E-state index contributed by atoms with van der Waals surface area (Å²) in [6.07, 6.45) is 2.13. The van der Waals surface area contributed by atoms with Crippen molar-refractivity contribution in [3.63, 3.8) is 0 Å². The summed E-state index contributed by atoms with van der Waals surface area (Å²) in [7, 11) is 0. The summed E-state index contributed by atoms with van der Waals surface area (Å²) in [4.78, 5) is 0. The number of nitrogens with zero attached hydrogens (tertiary/aromatic N) is 3. The van der Waals surface area contributed by atoms with E-state index in [4.69, 9.17) is 14.6 Å². The van der Waals surface area contributed by atoms with E-state index in [1.54, 1.807) is 0 Å². The van der Waals surface area contributed by atoms with Gasteiger partial charge in [-0.2, -0.15) is 5.10 Å². The summed E-state index contributed by atoms with van der Waals surface area (Å²) >= 11 is 0. The average Bonchev–Trinajstić information content (AvgIpc) is 3.47. The van der Waals surface area contributed by atoms with Gasteiger partial charge in [-0.15, -0.1) is 0 Å². The van der Waals surface area contributed by atoms with Crippen molar-refractivity contribution in [2.45, 2.75) is 27.3 Å². The molecule has 0 radical (unpaired) electrons. The molecule has 0 bridgehead atoms. The molecule has 0 aliphatic carbocycles. The molecule has 2 aromatic carbocycles. The maximum atomic E-state index is 5.57. The molecule has 0 atom stereocenters. The maximum Gasteiger partial charge on any atom is 0.231 e. The lowest BCUT2D eigenvalue weighted by molar-refractivity contribution is 0.174. The zero-order valence-electron chi connectivity index (χ0n) is 17.8. The Labute approximate surface area is 180 Å². The number of fused-ring (bicyclic) bond motifs is 4. The molecular formula is C26H23N3O2. The van der Waals surface area contributed by atoms with Crippen molar-refractivity contribution in [2.24, 2.45) is 0 Å². The Hall–Kier alpha value is -3.73. The molecule has 5 aromatic rings. The summed E-state index contributed by atoms with van der Waals surface area (Å²) in [6, 6.07) is 18.9. The molecule has 4 heterocycles. The van der Waals surface area contributed by atoms with Crippen molar-refractivity contribution < 1.29 is 9.47 Å². The second-order valence-electron chi connectivity index (χ2n) is 8.20. The van der Waals surface area contributed by atoms with E-state index in [2.05, 4.69) is 74.0 Å². The largest absolute Gasteiger partial charge is 0.454 e. The van der Waals surface area contributed by atoms with E-state index in [9.17, 15) is 0 Å². The lowest BCUT2D eigenvalue weighted by atomic mass is 10.1. The Balaban J connectivity index is 1.52. The lowest BCUT2D eigenvalue weighted by Crippen LogP contribution is -2.03. The van der Waals surface area contributed by atoms with E-state index >= 15 is 0 Å². The van der Waals surface area contributed by atoms with Crippen LogP contribution in [0.4, 0.5) is 0 Å². The van der Waals surface area contributed by atoms with Crippen LogP contribution >= 0.6 is 0 Å². The molecule has 0 unspecified atom stereocenters. The zero-order valence-corrected chi connectivity index (χ0v) is 17.8. The fraction of sp³-hybridized carbons (Fsp3) is 0.192. The summed E-state index contributed by atoms with van der Waals surface area (Å²) in [5.41, 5.74) is 8.25. The first-order chi connectivity index (χ1) is 15.1. The third kappa shape index (κ3) is 2.73. The van der Waals surface area contributed by atoms with Gasteiger partial charge in [0.15, 0.2) is 11.5 Å². The molecule has 154 valence electrons. The highest BCUT2D eigenvalue weighted by atomic mass is 16.7. The Bertz CT molecular complexity index is 1460. The molecule has 3 aromatic heterocycles. The molecule has 6 rings (SSSR count). The number of hydrogen-bond donors (Lipinski definition) is 0. The number of aromatic nitrogens is 3. The fourth-order valence-corrected chi connectivity index (χ4v) is 4.82. The third-order valence-electron chi connectivity index (χ3n) is 6.34. The van der Waals surface area contributed by atoms with Crippen LogP contribution in [0.15, 0.2) is 60.8 Å². The van der Waals surface area contributed by atoms with E-state index in [0.717, 1.165) is 29.3 Å².